The second kappa shape index (κ2) is 9.74. The number of benzene rings is 1. The van der Waals surface area contributed by atoms with E-state index in [0.717, 1.165) is 29.5 Å². The first-order chi connectivity index (χ1) is 11.6. The Hall–Kier alpha value is -0.850. The maximum Gasteiger partial charge on any atom is 0.140 e. The minimum Gasteiger partial charge on any atom is -0.486 e. The molecule has 3 rings (SSSR count). The van der Waals surface area contributed by atoms with Gasteiger partial charge >= 0.3 is 0 Å². The van der Waals surface area contributed by atoms with Gasteiger partial charge in [-0.1, -0.05) is 18.0 Å². The molecule has 1 fully saturated rings. The minimum absolute atomic E-state index is 0. The Morgan fingerprint density at radius 3 is 2.84 bits per heavy atom. The average molecular weight is 402 g/mol. The Morgan fingerprint density at radius 2 is 2.12 bits per heavy atom. The number of halogens is 2. The molecule has 1 aromatic carbocycles. The summed E-state index contributed by atoms with van der Waals surface area (Å²) in [4.78, 5) is 7.19. The molecule has 2 aromatic rings. The number of hydrogen-bond donors (Lipinski definition) is 1. The predicted octanol–water partition coefficient (Wildman–Crippen LogP) is 4.50. The zero-order valence-corrected chi connectivity index (χ0v) is 16.7. The third-order valence-electron chi connectivity index (χ3n) is 4.41. The zero-order valence-electron chi connectivity index (χ0n) is 14.4. The molecule has 0 amide bonds. The summed E-state index contributed by atoms with van der Waals surface area (Å²) in [6.45, 7) is 4.59. The highest BCUT2D eigenvalue weighted by Gasteiger charge is 2.25. The summed E-state index contributed by atoms with van der Waals surface area (Å²) in [7, 11) is 0. The predicted molar refractivity (Wildman–Crippen MR) is 107 cm³/mol. The third kappa shape index (κ3) is 5.83. The summed E-state index contributed by atoms with van der Waals surface area (Å²) >= 11 is 7.53. The Labute approximate surface area is 164 Å². The van der Waals surface area contributed by atoms with E-state index < -0.39 is 0 Å². The fourth-order valence-electron chi connectivity index (χ4n) is 3.18. The molecule has 2 atom stereocenters. The van der Waals surface area contributed by atoms with Crippen LogP contribution in [-0.4, -0.2) is 28.5 Å². The zero-order chi connectivity index (χ0) is 16.9. The first kappa shape index (κ1) is 20.5. The van der Waals surface area contributed by atoms with Crippen molar-refractivity contribution in [1.29, 1.82) is 0 Å². The lowest BCUT2D eigenvalue weighted by Crippen LogP contribution is -2.48. The lowest BCUT2D eigenvalue weighted by Gasteiger charge is -2.37. The number of likely N-dealkylation sites (tertiary alicyclic amines) is 1. The topological polar surface area (TPSA) is 51.4 Å². The molecule has 1 aliphatic rings. The molecule has 4 nitrogen and oxygen atoms in total. The Bertz CT molecular complexity index is 648. The standard InChI is InChI=1S/C18H24ClN3OS.ClH/c1-13(20)17-4-2-3-9-22(17)10-15-12-24-18(21-15)11-23-16-7-5-14(19)6-8-16;/h5-8,12-13,17H,2-4,9-11,20H2,1H3;1H. The molecule has 2 heterocycles. The number of thiazole rings is 1. The second-order valence-corrected chi connectivity index (χ2v) is 7.75. The number of rotatable bonds is 6. The number of piperidine rings is 1. The molecular formula is C18H25Cl2N3OS. The fraction of sp³-hybridized carbons (Fsp3) is 0.500. The highest BCUT2D eigenvalue weighted by atomic mass is 35.5. The molecule has 1 saturated heterocycles. The summed E-state index contributed by atoms with van der Waals surface area (Å²) in [6.07, 6.45) is 3.72. The average Bonchev–Trinajstić information content (AvgIpc) is 3.02. The molecule has 7 heteroatoms. The second-order valence-electron chi connectivity index (χ2n) is 6.37. The van der Waals surface area contributed by atoms with Crippen LogP contribution in [0.4, 0.5) is 0 Å². The van der Waals surface area contributed by atoms with E-state index in [0.29, 0.717) is 17.7 Å². The van der Waals surface area contributed by atoms with Crippen LogP contribution in [0.2, 0.25) is 5.02 Å². The highest BCUT2D eigenvalue weighted by Crippen LogP contribution is 2.23. The van der Waals surface area contributed by atoms with Gasteiger partial charge in [-0.25, -0.2) is 4.98 Å². The summed E-state index contributed by atoms with van der Waals surface area (Å²) in [5.74, 6) is 0.809. The van der Waals surface area contributed by atoms with E-state index in [4.69, 9.17) is 27.1 Å². The van der Waals surface area contributed by atoms with Gasteiger partial charge in [0.1, 0.15) is 17.4 Å². The van der Waals surface area contributed by atoms with Crippen LogP contribution in [-0.2, 0) is 13.2 Å². The van der Waals surface area contributed by atoms with Gasteiger partial charge in [-0.15, -0.1) is 23.7 Å². The van der Waals surface area contributed by atoms with E-state index in [2.05, 4.69) is 17.2 Å². The largest absolute Gasteiger partial charge is 0.486 e. The van der Waals surface area contributed by atoms with Crippen molar-refractivity contribution in [2.75, 3.05) is 6.54 Å². The van der Waals surface area contributed by atoms with Crippen LogP contribution in [0.5, 0.6) is 5.75 Å². The summed E-state index contributed by atoms with van der Waals surface area (Å²) in [6, 6.07) is 8.07. The van der Waals surface area contributed by atoms with Crippen LogP contribution < -0.4 is 10.5 Å². The van der Waals surface area contributed by atoms with Crippen molar-refractivity contribution in [2.24, 2.45) is 5.73 Å². The van der Waals surface area contributed by atoms with Crippen molar-refractivity contribution >= 4 is 35.3 Å². The fourth-order valence-corrected chi connectivity index (χ4v) is 4.00. The number of ether oxygens (including phenoxy) is 1. The summed E-state index contributed by atoms with van der Waals surface area (Å²) in [5, 5.41) is 3.84. The minimum atomic E-state index is 0. The number of nitrogens with zero attached hydrogens (tertiary/aromatic N) is 2. The maximum absolute atomic E-state index is 6.15. The molecule has 0 spiro atoms. The molecule has 0 bridgehead atoms. The molecule has 1 aromatic heterocycles. The molecule has 25 heavy (non-hydrogen) atoms. The van der Waals surface area contributed by atoms with Gasteiger partial charge in [0.25, 0.3) is 0 Å². The molecule has 1 aliphatic heterocycles. The van der Waals surface area contributed by atoms with Crippen LogP contribution in [0.15, 0.2) is 29.6 Å². The molecule has 138 valence electrons. The van der Waals surface area contributed by atoms with Crippen LogP contribution in [0.1, 0.15) is 36.9 Å². The van der Waals surface area contributed by atoms with Crippen molar-refractivity contribution in [3.05, 3.63) is 45.4 Å². The van der Waals surface area contributed by atoms with Crippen LogP contribution in [0.3, 0.4) is 0 Å². The Balaban J connectivity index is 0.00000225. The van der Waals surface area contributed by atoms with Gasteiger partial charge in [-0.05, 0) is 50.6 Å². The molecule has 0 aliphatic carbocycles. The lowest BCUT2D eigenvalue weighted by atomic mass is 9.97. The lowest BCUT2D eigenvalue weighted by molar-refractivity contribution is 0.121. The van der Waals surface area contributed by atoms with Crippen molar-refractivity contribution in [3.63, 3.8) is 0 Å². The van der Waals surface area contributed by atoms with E-state index in [1.807, 2.05) is 24.3 Å². The monoisotopic (exact) mass is 401 g/mol. The van der Waals surface area contributed by atoms with Crippen molar-refractivity contribution in [3.8, 4) is 5.75 Å². The van der Waals surface area contributed by atoms with Gasteiger partial charge in [0.05, 0.1) is 5.69 Å². The number of nitrogens with two attached hydrogens (primary N) is 1. The number of hydrogen-bond acceptors (Lipinski definition) is 5. The smallest absolute Gasteiger partial charge is 0.140 e. The maximum atomic E-state index is 6.15. The van der Waals surface area contributed by atoms with Crippen molar-refractivity contribution < 1.29 is 4.74 Å². The van der Waals surface area contributed by atoms with Crippen molar-refractivity contribution in [2.45, 2.75) is 51.4 Å². The van der Waals surface area contributed by atoms with E-state index >= 15 is 0 Å². The van der Waals surface area contributed by atoms with Crippen LogP contribution in [0, 0.1) is 0 Å². The normalized spacial score (nSPS) is 19.2. The Morgan fingerprint density at radius 1 is 1.36 bits per heavy atom. The van der Waals surface area contributed by atoms with E-state index in [-0.39, 0.29) is 18.4 Å². The quantitative estimate of drug-likeness (QED) is 0.773. The molecule has 0 saturated carbocycles. The summed E-state index contributed by atoms with van der Waals surface area (Å²) in [5.41, 5.74) is 7.26. The van der Waals surface area contributed by atoms with Gasteiger partial charge in [0.15, 0.2) is 0 Å². The van der Waals surface area contributed by atoms with Gasteiger partial charge in [0, 0.05) is 29.0 Å². The van der Waals surface area contributed by atoms with Crippen molar-refractivity contribution in [1.82, 2.24) is 9.88 Å². The van der Waals surface area contributed by atoms with Gasteiger partial charge in [0.2, 0.25) is 0 Å². The summed E-state index contributed by atoms with van der Waals surface area (Å²) < 4.78 is 5.77. The van der Waals surface area contributed by atoms with E-state index in [1.165, 1.54) is 19.3 Å². The van der Waals surface area contributed by atoms with Crippen LogP contribution in [0.25, 0.3) is 0 Å². The SMILES string of the molecule is CC(N)C1CCCCN1Cc1csc(COc2ccc(Cl)cc2)n1.Cl. The number of aromatic nitrogens is 1. The first-order valence-electron chi connectivity index (χ1n) is 8.43. The van der Waals surface area contributed by atoms with Gasteiger partial charge in [-0.2, -0.15) is 0 Å². The molecule has 2 N–H and O–H groups in total. The van der Waals surface area contributed by atoms with Gasteiger partial charge in [-0.3, -0.25) is 4.90 Å². The third-order valence-corrected chi connectivity index (χ3v) is 5.53. The molecule has 2 unspecified atom stereocenters. The van der Waals surface area contributed by atoms with E-state index in [1.54, 1.807) is 11.3 Å². The first-order valence-corrected chi connectivity index (χ1v) is 9.69. The molecule has 0 radical (unpaired) electrons. The van der Waals surface area contributed by atoms with Crippen LogP contribution >= 0.6 is 35.3 Å². The molecular weight excluding hydrogens is 377 g/mol. The van der Waals surface area contributed by atoms with E-state index in [9.17, 15) is 0 Å². The Kier molecular flexibility index (Phi) is 7.97. The highest BCUT2D eigenvalue weighted by molar-refractivity contribution is 7.09. The van der Waals surface area contributed by atoms with Gasteiger partial charge < -0.3 is 10.5 Å².